The minimum atomic E-state index is 0.609. The Morgan fingerprint density at radius 3 is 2.30 bits per heavy atom. The van der Waals surface area contributed by atoms with E-state index in [4.69, 9.17) is 0 Å². The number of hydrogen-bond donors (Lipinski definition) is 1. The number of nitrogens with zero attached hydrogens (tertiary/aromatic N) is 1. The summed E-state index contributed by atoms with van der Waals surface area (Å²) in [5, 5.41) is 3.51. The molecule has 1 atom stereocenters. The molecule has 0 aliphatic rings. The van der Waals surface area contributed by atoms with Crippen LogP contribution in [0.1, 0.15) is 45.7 Å². The summed E-state index contributed by atoms with van der Waals surface area (Å²) in [4.78, 5) is 2.44. The fourth-order valence-corrected chi connectivity index (χ4v) is 2.28. The number of nitrogens with one attached hydrogen (secondary N) is 1. The highest BCUT2D eigenvalue weighted by atomic mass is 15.1. The molecule has 2 heteroatoms. The average Bonchev–Trinajstić information content (AvgIpc) is 2.37. The minimum Gasteiger partial charge on any atom is -0.312 e. The molecule has 0 saturated carbocycles. The highest BCUT2D eigenvalue weighted by Crippen LogP contribution is 2.13. The Morgan fingerprint density at radius 2 is 1.70 bits per heavy atom. The number of hydrogen-bond acceptors (Lipinski definition) is 2. The summed E-state index contributed by atoms with van der Waals surface area (Å²) >= 11 is 0. The third-order valence-corrected chi connectivity index (χ3v) is 3.97. The molecule has 1 unspecified atom stereocenters. The third kappa shape index (κ3) is 6.06. The van der Waals surface area contributed by atoms with E-state index in [-0.39, 0.29) is 0 Å². The predicted molar refractivity (Wildman–Crippen MR) is 88.8 cm³/mol. The summed E-state index contributed by atoms with van der Waals surface area (Å²) in [7, 11) is 2.22. The van der Waals surface area contributed by atoms with Crippen LogP contribution in [0.5, 0.6) is 0 Å². The van der Waals surface area contributed by atoms with E-state index in [1.54, 1.807) is 0 Å². The lowest BCUT2D eigenvalue weighted by Gasteiger charge is -2.28. The van der Waals surface area contributed by atoms with Gasteiger partial charge < -0.3 is 5.32 Å². The summed E-state index contributed by atoms with van der Waals surface area (Å²) < 4.78 is 0. The van der Waals surface area contributed by atoms with Gasteiger partial charge in [0.25, 0.3) is 0 Å². The summed E-state index contributed by atoms with van der Waals surface area (Å²) in [5.74, 6) is 1.40. The van der Waals surface area contributed by atoms with Crippen LogP contribution in [0.25, 0.3) is 0 Å². The number of benzene rings is 1. The molecule has 1 N–H and O–H groups in total. The SMILES string of the molecule is CC(C)CNCc1cccc(CN(C)C(C)C(C)C)c1. The Morgan fingerprint density at radius 1 is 1.05 bits per heavy atom. The molecule has 1 aromatic carbocycles. The second-order valence-corrected chi connectivity index (χ2v) is 6.74. The maximum atomic E-state index is 3.51. The van der Waals surface area contributed by atoms with E-state index in [2.05, 4.69) is 76.1 Å². The van der Waals surface area contributed by atoms with Gasteiger partial charge in [-0.1, -0.05) is 52.0 Å². The molecular formula is C18H32N2. The second kappa shape index (κ2) is 8.43. The van der Waals surface area contributed by atoms with Gasteiger partial charge in [0.1, 0.15) is 0 Å². The fraction of sp³-hybridized carbons (Fsp3) is 0.667. The van der Waals surface area contributed by atoms with Crippen LogP contribution in [-0.2, 0) is 13.1 Å². The van der Waals surface area contributed by atoms with Crippen LogP contribution < -0.4 is 5.32 Å². The van der Waals surface area contributed by atoms with Crippen LogP contribution in [-0.4, -0.2) is 24.5 Å². The molecule has 0 heterocycles. The zero-order valence-corrected chi connectivity index (χ0v) is 14.1. The molecule has 0 saturated heterocycles. The van der Waals surface area contributed by atoms with E-state index in [9.17, 15) is 0 Å². The predicted octanol–water partition coefficient (Wildman–Crippen LogP) is 3.91. The maximum Gasteiger partial charge on any atom is 0.0233 e. The van der Waals surface area contributed by atoms with Crippen molar-refractivity contribution in [2.24, 2.45) is 11.8 Å². The maximum absolute atomic E-state index is 3.51. The molecule has 1 rings (SSSR count). The lowest BCUT2D eigenvalue weighted by molar-refractivity contribution is 0.200. The van der Waals surface area contributed by atoms with Gasteiger partial charge in [-0.25, -0.2) is 0 Å². The number of rotatable bonds is 8. The van der Waals surface area contributed by atoms with Crippen molar-refractivity contribution in [1.29, 1.82) is 0 Å². The van der Waals surface area contributed by atoms with Crippen molar-refractivity contribution in [3.63, 3.8) is 0 Å². The minimum absolute atomic E-state index is 0.609. The van der Waals surface area contributed by atoms with Gasteiger partial charge >= 0.3 is 0 Å². The molecule has 0 aliphatic heterocycles. The molecule has 20 heavy (non-hydrogen) atoms. The highest BCUT2D eigenvalue weighted by molar-refractivity contribution is 5.23. The largest absolute Gasteiger partial charge is 0.312 e. The van der Waals surface area contributed by atoms with E-state index in [0.717, 1.165) is 19.6 Å². The molecule has 0 fully saturated rings. The van der Waals surface area contributed by atoms with E-state index in [1.165, 1.54) is 11.1 Å². The molecule has 0 amide bonds. The van der Waals surface area contributed by atoms with Crippen LogP contribution in [0.4, 0.5) is 0 Å². The van der Waals surface area contributed by atoms with Crippen LogP contribution >= 0.6 is 0 Å². The fourth-order valence-electron chi connectivity index (χ4n) is 2.28. The van der Waals surface area contributed by atoms with Crippen LogP contribution in [0, 0.1) is 11.8 Å². The molecule has 114 valence electrons. The standard InChI is InChI=1S/C18H32N2/c1-14(2)11-19-12-17-8-7-9-18(10-17)13-20(6)16(5)15(3)4/h7-10,14-16,19H,11-13H2,1-6H3. The van der Waals surface area contributed by atoms with E-state index in [0.29, 0.717) is 17.9 Å². The topological polar surface area (TPSA) is 15.3 Å². The quantitative estimate of drug-likeness (QED) is 0.774. The monoisotopic (exact) mass is 276 g/mol. The Hall–Kier alpha value is -0.860. The summed E-state index contributed by atoms with van der Waals surface area (Å²) in [6.45, 7) is 14.4. The van der Waals surface area contributed by atoms with Crippen LogP contribution in [0.15, 0.2) is 24.3 Å². The van der Waals surface area contributed by atoms with Gasteiger partial charge in [-0.3, -0.25) is 4.90 Å². The Balaban J connectivity index is 2.55. The first-order chi connectivity index (χ1) is 9.40. The first-order valence-corrected chi connectivity index (χ1v) is 7.89. The molecule has 0 radical (unpaired) electrons. The van der Waals surface area contributed by atoms with Crippen molar-refractivity contribution in [1.82, 2.24) is 10.2 Å². The van der Waals surface area contributed by atoms with Crippen LogP contribution in [0.2, 0.25) is 0 Å². The van der Waals surface area contributed by atoms with Gasteiger partial charge in [-0.15, -0.1) is 0 Å². The van der Waals surface area contributed by atoms with Gasteiger partial charge in [-0.05, 0) is 43.5 Å². The smallest absolute Gasteiger partial charge is 0.0233 e. The summed E-state index contributed by atoms with van der Waals surface area (Å²) in [5.41, 5.74) is 2.79. The van der Waals surface area contributed by atoms with E-state index >= 15 is 0 Å². The Labute approximate surface area is 125 Å². The molecule has 1 aromatic rings. The van der Waals surface area contributed by atoms with Crippen molar-refractivity contribution in [2.45, 2.75) is 53.8 Å². The lowest BCUT2D eigenvalue weighted by atomic mass is 10.0. The van der Waals surface area contributed by atoms with Crippen molar-refractivity contribution in [2.75, 3.05) is 13.6 Å². The Bertz CT molecular complexity index is 385. The Kier molecular flexibility index (Phi) is 7.25. The van der Waals surface area contributed by atoms with Gasteiger partial charge in [0.15, 0.2) is 0 Å². The highest BCUT2D eigenvalue weighted by Gasteiger charge is 2.13. The molecular weight excluding hydrogens is 244 g/mol. The second-order valence-electron chi connectivity index (χ2n) is 6.74. The van der Waals surface area contributed by atoms with E-state index in [1.807, 2.05) is 0 Å². The normalized spacial score (nSPS) is 13.4. The molecule has 0 aromatic heterocycles. The van der Waals surface area contributed by atoms with Gasteiger partial charge in [-0.2, -0.15) is 0 Å². The van der Waals surface area contributed by atoms with Crippen molar-refractivity contribution in [3.8, 4) is 0 Å². The lowest BCUT2D eigenvalue weighted by Crippen LogP contribution is -2.32. The molecule has 0 aliphatic carbocycles. The molecule has 2 nitrogen and oxygen atoms in total. The molecule has 0 bridgehead atoms. The molecule has 0 spiro atoms. The third-order valence-electron chi connectivity index (χ3n) is 3.97. The van der Waals surface area contributed by atoms with Crippen molar-refractivity contribution >= 4 is 0 Å². The first kappa shape index (κ1) is 17.2. The zero-order chi connectivity index (χ0) is 15.1. The van der Waals surface area contributed by atoms with Crippen molar-refractivity contribution < 1.29 is 0 Å². The average molecular weight is 276 g/mol. The van der Waals surface area contributed by atoms with Crippen LogP contribution in [0.3, 0.4) is 0 Å². The van der Waals surface area contributed by atoms with Gasteiger partial charge in [0.05, 0.1) is 0 Å². The first-order valence-electron chi connectivity index (χ1n) is 7.89. The van der Waals surface area contributed by atoms with Crippen molar-refractivity contribution in [3.05, 3.63) is 35.4 Å². The summed E-state index contributed by atoms with van der Waals surface area (Å²) in [6.07, 6.45) is 0. The summed E-state index contributed by atoms with van der Waals surface area (Å²) in [6, 6.07) is 9.56. The van der Waals surface area contributed by atoms with E-state index < -0.39 is 0 Å². The zero-order valence-electron chi connectivity index (χ0n) is 14.1. The van der Waals surface area contributed by atoms with Gasteiger partial charge in [0, 0.05) is 19.1 Å². The van der Waals surface area contributed by atoms with Gasteiger partial charge in [0.2, 0.25) is 0 Å².